The summed E-state index contributed by atoms with van der Waals surface area (Å²) < 4.78 is 0. The van der Waals surface area contributed by atoms with Crippen LogP contribution in [0.3, 0.4) is 0 Å². The Labute approximate surface area is 120 Å². The fourth-order valence-corrected chi connectivity index (χ4v) is 3.44. The number of hydrogen-bond donors (Lipinski definition) is 2. The van der Waals surface area contributed by atoms with E-state index >= 15 is 0 Å². The lowest BCUT2D eigenvalue weighted by Crippen LogP contribution is -2.35. The molecule has 104 valence electrons. The van der Waals surface area contributed by atoms with E-state index in [1.165, 1.54) is 19.3 Å². The van der Waals surface area contributed by atoms with Crippen LogP contribution in [0.15, 0.2) is 23.1 Å². The summed E-state index contributed by atoms with van der Waals surface area (Å²) in [7, 11) is 0. The van der Waals surface area contributed by atoms with Gasteiger partial charge in [0.05, 0.1) is 5.56 Å². The summed E-state index contributed by atoms with van der Waals surface area (Å²) in [4.78, 5) is 3.49. The molecule has 0 atom stereocenters. The Hall–Kier alpha value is -1.16. The summed E-state index contributed by atoms with van der Waals surface area (Å²) in [6.45, 7) is 4.43. The second-order valence-electron chi connectivity index (χ2n) is 5.11. The minimum atomic E-state index is 0.178. The first-order valence-corrected chi connectivity index (χ1v) is 8.16. The van der Waals surface area contributed by atoms with E-state index in [1.807, 2.05) is 12.3 Å². The van der Waals surface area contributed by atoms with Crippen LogP contribution >= 0.6 is 11.8 Å². The molecule has 1 aliphatic heterocycles. The van der Waals surface area contributed by atoms with Gasteiger partial charge in [0, 0.05) is 23.7 Å². The molecule has 1 fully saturated rings. The van der Waals surface area contributed by atoms with Crippen LogP contribution in [0.25, 0.3) is 0 Å². The van der Waals surface area contributed by atoms with E-state index in [1.54, 1.807) is 11.8 Å². The summed E-state index contributed by atoms with van der Waals surface area (Å²) in [5.41, 5.74) is 7.83. The molecule has 0 spiro atoms. The molecule has 0 unspecified atom stereocenters. The van der Waals surface area contributed by atoms with Crippen LogP contribution < -0.4 is 10.6 Å². The van der Waals surface area contributed by atoms with Gasteiger partial charge in [0.1, 0.15) is 5.84 Å². The van der Waals surface area contributed by atoms with Gasteiger partial charge in [-0.1, -0.05) is 19.4 Å². The third-order valence-corrected chi connectivity index (χ3v) is 4.81. The number of piperidine rings is 1. The summed E-state index contributed by atoms with van der Waals surface area (Å²) in [6, 6.07) is 6.21. The van der Waals surface area contributed by atoms with E-state index in [2.05, 4.69) is 24.0 Å². The van der Waals surface area contributed by atoms with Gasteiger partial charge in [0.15, 0.2) is 0 Å². The largest absolute Gasteiger partial charge is 0.384 e. The molecule has 0 saturated carbocycles. The highest BCUT2D eigenvalue weighted by atomic mass is 32.2. The van der Waals surface area contributed by atoms with Gasteiger partial charge in [0.2, 0.25) is 0 Å². The molecule has 1 heterocycles. The van der Waals surface area contributed by atoms with Crippen molar-refractivity contribution in [2.75, 3.05) is 24.2 Å². The minimum Gasteiger partial charge on any atom is -0.384 e. The smallest absolute Gasteiger partial charge is 0.126 e. The molecule has 0 amide bonds. The molecule has 1 aliphatic rings. The quantitative estimate of drug-likeness (QED) is 0.504. The predicted octanol–water partition coefficient (Wildman–Crippen LogP) is 3.32. The van der Waals surface area contributed by atoms with Crippen molar-refractivity contribution < 1.29 is 0 Å². The Morgan fingerprint density at radius 3 is 2.63 bits per heavy atom. The highest BCUT2D eigenvalue weighted by molar-refractivity contribution is 7.98. The average Bonchev–Trinajstić information content (AvgIpc) is 2.46. The van der Waals surface area contributed by atoms with Gasteiger partial charge in [-0.2, -0.15) is 0 Å². The lowest BCUT2D eigenvalue weighted by atomic mass is 9.93. The van der Waals surface area contributed by atoms with Gasteiger partial charge in [-0.05, 0) is 37.1 Å². The Bertz CT molecular complexity index is 451. The molecule has 0 radical (unpaired) electrons. The lowest BCUT2D eigenvalue weighted by molar-refractivity contribution is 0.395. The van der Waals surface area contributed by atoms with Crippen molar-refractivity contribution in [1.82, 2.24) is 0 Å². The zero-order valence-corrected chi connectivity index (χ0v) is 12.6. The molecule has 2 rings (SSSR count). The van der Waals surface area contributed by atoms with Crippen LogP contribution in [-0.2, 0) is 0 Å². The Balaban J connectivity index is 2.27. The maximum Gasteiger partial charge on any atom is 0.126 e. The van der Waals surface area contributed by atoms with E-state index in [-0.39, 0.29) is 5.84 Å². The predicted molar refractivity (Wildman–Crippen MR) is 84.5 cm³/mol. The maximum atomic E-state index is 7.85. The lowest BCUT2D eigenvalue weighted by Gasteiger charge is -2.34. The van der Waals surface area contributed by atoms with Crippen molar-refractivity contribution in [3.8, 4) is 0 Å². The topological polar surface area (TPSA) is 53.1 Å². The molecule has 4 heteroatoms. The van der Waals surface area contributed by atoms with Crippen LogP contribution in [0.2, 0.25) is 0 Å². The van der Waals surface area contributed by atoms with Gasteiger partial charge in [0.25, 0.3) is 0 Å². The Morgan fingerprint density at radius 1 is 1.42 bits per heavy atom. The summed E-state index contributed by atoms with van der Waals surface area (Å²) in [5, 5.41) is 7.85. The van der Waals surface area contributed by atoms with Crippen LogP contribution in [0.1, 0.15) is 31.7 Å². The standard InChI is InChI=1S/C15H23N3S/c1-3-11-7-9-18(10-8-11)12-5-4-6-13(19-2)14(12)15(16)17/h4-6,11H,3,7-10H2,1-2H3,(H3,16,17). The van der Waals surface area contributed by atoms with Gasteiger partial charge >= 0.3 is 0 Å². The fraction of sp³-hybridized carbons (Fsp3) is 0.533. The summed E-state index contributed by atoms with van der Waals surface area (Å²) in [6.07, 6.45) is 5.81. The number of amidine groups is 1. The molecular formula is C15H23N3S. The first kappa shape index (κ1) is 14.3. The molecule has 1 aromatic rings. The first-order valence-electron chi connectivity index (χ1n) is 6.93. The van der Waals surface area contributed by atoms with Gasteiger partial charge in [-0.15, -0.1) is 11.8 Å². The molecule has 19 heavy (non-hydrogen) atoms. The third-order valence-electron chi connectivity index (χ3n) is 4.03. The number of anilines is 1. The van der Waals surface area contributed by atoms with E-state index < -0.39 is 0 Å². The molecule has 0 bridgehead atoms. The number of nitrogens with one attached hydrogen (secondary N) is 1. The number of benzene rings is 1. The molecule has 0 aromatic heterocycles. The van der Waals surface area contributed by atoms with Crippen LogP contribution in [0.5, 0.6) is 0 Å². The van der Waals surface area contributed by atoms with Crippen LogP contribution in [0, 0.1) is 11.3 Å². The van der Waals surface area contributed by atoms with Gasteiger partial charge < -0.3 is 10.6 Å². The molecule has 0 aliphatic carbocycles. The second-order valence-corrected chi connectivity index (χ2v) is 5.95. The molecule has 1 saturated heterocycles. The summed E-state index contributed by atoms with van der Waals surface area (Å²) in [5.74, 6) is 1.04. The third kappa shape index (κ3) is 3.06. The van der Waals surface area contributed by atoms with E-state index in [4.69, 9.17) is 11.1 Å². The summed E-state index contributed by atoms with van der Waals surface area (Å²) >= 11 is 1.66. The number of thioether (sulfide) groups is 1. The van der Waals surface area contributed by atoms with Crippen molar-refractivity contribution in [1.29, 1.82) is 5.41 Å². The van der Waals surface area contributed by atoms with Crippen LogP contribution in [-0.4, -0.2) is 25.2 Å². The fourth-order valence-electron chi connectivity index (χ4n) is 2.81. The Morgan fingerprint density at radius 2 is 2.11 bits per heavy atom. The van der Waals surface area contributed by atoms with Crippen molar-refractivity contribution >= 4 is 23.3 Å². The zero-order valence-electron chi connectivity index (χ0n) is 11.8. The van der Waals surface area contributed by atoms with Crippen molar-refractivity contribution in [2.45, 2.75) is 31.1 Å². The average molecular weight is 277 g/mol. The van der Waals surface area contributed by atoms with Crippen molar-refractivity contribution in [2.24, 2.45) is 11.7 Å². The van der Waals surface area contributed by atoms with E-state index in [9.17, 15) is 0 Å². The molecule has 3 nitrogen and oxygen atoms in total. The minimum absolute atomic E-state index is 0.178. The normalized spacial score (nSPS) is 16.6. The first-order chi connectivity index (χ1) is 9.17. The highest BCUT2D eigenvalue weighted by Crippen LogP contribution is 2.32. The number of rotatable bonds is 4. The zero-order chi connectivity index (χ0) is 13.8. The SMILES string of the molecule is CCC1CCN(c2cccc(SC)c2C(=N)N)CC1. The van der Waals surface area contributed by atoms with Crippen molar-refractivity contribution in [3.05, 3.63) is 23.8 Å². The van der Waals surface area contributed by atoms with E-state index in [0.717, 1.165) is 35.2 Å². The number of hydrogen-bond acceptors (Lipinski definition) is 3. The Kier molecular flexibility index (Phi) is 4.75. The second kappa shape index (κ2) is 6.33. The number of nitrogens with zero attached hydrogens (tertiary/aromatic N) is 1. The van der Waals surface area contributed by atoms with Gasteiger partial charge in [-0.3, -0.25) is 5.41 Å². The maximum absolute atomic E-state index is 7.85. The number of nitrogens with two attached hydrogens (primary N) is 1. The molecular weight excluding hydrogens is 254 g/mol. The highest BCUT2D eigenvalue weighted by Gasteiger charge is 2.21. The van der Waals surface area contributed by atoms with Gasteiger partial charge in [-0.25, -0.2) is 0 Å². The van der Waals surface area contributed by atoms with E-state index in [0.29, 0.717) is 0 Å². The monoisotopic (exact) mass is 277 g/mol. The molecule has 3 N–H and O–H groups in total. The number of nitrogen functional groups attached to an aromatic ring is 1. The molecule has 1 aromatic carbocycles. The van der Waals surface area contributed by atoms with Crippen molar-refractivity contribution in [3.63, 3.8) is 0 Å². The van der Waals surface area contributed by atoms with Crippen LogP contribution in [0.4, 0.5) is 5.69 Å².